The molecule has 1 nitrogen and oxygen atoms in total. The second-order valence-corrected chi connectivity index (χ2v) is 9.10. The zero-order valence-corrected chi connectivity index (χ0v) is 17.2. The van der Waals surface area contributed by atoms with Gasteiger partial charge in [0.15, 0.2) is 0 Å². The minimum atomic E-state index is 0.909. The van der Waals surface area contributed by atoms with E-state index < -0.39 is 0 Å². The summed E-state index contributed by atoms with van der Waals surface area (Å²) < 4.78 is 5.21. The van der Waals surface area contributed by atoms with E-state index in [1.165, 1.54) is 21.6 Å². The van der Waals surface area contributed by atoms with E-state index in [-0.39, 0.29) is 0 Å². The van der Waals surface area contributed by atoms with Crippen molar-refractivity contribution in [3.8, 4) is 5.75 Å². The second-order valence-electron chi connectivity index (χ2n) is 5.78. The highest BCUT2D eigenvalue weighted by molar-refractivity contribution is 8.76. The highest BCUT2D eigenvalue weighted by Crippen LogP contribution is 2.37. The molecule has 0 N–H and O–H groups in total. The van der Waals surface area contributed by atoms with Gasteiger partial charge in [-0.15, -0.1) is 0 Å². The monoisotopic (exact) mass is 398 g/mol. The van der Waals surface area contributed by atoms with E-state index >= 15 is 0 Å². The van der Waals surface area contributed by atoms with Gasteiger partial charge in [0, 0.05) is 22.2 Å². The van der Waals surface area contributed by atoms with E-state index in [0.717, 1.165) is 23.0 Å². The first-order valence-electron chi connectivity index (χ1n) is 8.47. The molecule has 3 aromatic rings. The van der Waals surface area contributed by atoms with Crippen LogP contribution < -0.4 is 4.74 Å². The molecule has 0 atom stereocenters. The lowest BCUT2D eigenvalue weighted by Crippen LogP contribution is -1.86. The van der Waals surface area contributed by atoms with Crippen LogP contribution in [0.5, 0.6) is 5.75 Å². The Morgan fingerprint density at radius 3 is 2.15 bits per heavy atom. The van der Waals surface area contributed by atoms with Gasteiger partial charge < -0.3 is 4.74 Å². The summed E-state index contributed by atoms with van der Waals surface area (Å²) in [5.74, 6) is 3.99. The van der Waals surface area contributed by atoms with Gasteiger partial charge >= 0.3 is 0 Å². The Hall–Kier alpha value is -1.49. The van der Waals surface area contributed by atoms with Gasteiger partial charge in [-0.3, -0.25) is 0 Å². The van der Waals surface area contributed by atoms with Gasteiger partial charge in [-0.1, -0.05) is 82.3 Å². The normalized spacial score (nSPS) is 10.7. The molecule has 0 saturated heterocycles. The molecule has 3 rings (SSSR count). The average Bonchev–Trinajstić information content (AvgIpc) is 2.70. The molecule has 0 aliphatic carbocycles. The fraction of sp³-hybridized carbons (Fsp3) is 0.182. The maximum Gasteiger partial charge on any atom is 0.118 e. The zero-order chi connectivity index (χ0) is 18.0. The lowest BCUT2D eigenvalue weighted by atomic mass is 10.2. The number of hydrogen-bond donors (Lipinski definition) is 0. The minimum absolute atomic E-state index is 0.909. The fourth-order valence-electron chi connectivity index (χ4n) is 2.44. The van der Waals surface area contributed by atoms with Crippen molar-refractivity contribution < 1.29 is 4.74 Å². The van der Waals surface area contributed by atoms with E-state index in [0.29, 0.717) is 0 Å². The molecule has 134 valence electrons. The number of rotatable bonds is 9. The smallest absolute Gasteiger partial charge is 0.118 e. The Morgan fingerprint density at radius 2 is 1.38 bits per heavy atom. The number of hydrogen-bond acceptors (Lipinski definition) is 4. The SMILES string of the molecule is COc1ccc(CSSc2ccccc2CSCc2ccccc2)cc1. The highest BCUT2D eigenvalue weighted by atomic mass is 33.1. The number of thioether (sulfide) groups is 1. The van der Waals surface area contributed by atoms with Gasteiger partial charge in [-0.2, -0.15) is 11.8 Å². The summed E-state index contributed by atoms with van der Waals surface area (Å²) >= 11 is 1.97. The second kappa shape index (κ2) is 10.6. The molecule has 0 spiro atoms. The molecule has 0 unspecified atom stereocenters. The van der Waals surface area contributed by atoms with Crippen LogP contribution in [-0.2, 0) is 17.3 Å². The van der Waals surface area contributed by atoms with Crippen LogP contribution in [0.25, 0.3) is 0 Å². The summed E-state index contributed by atoms with van der Waals surface area (Å²) in [4.78, 5) is 1.37. The van der Waals surface area contributed by atoms with Crippen molar-refractivity contribution in [3.05, 3.63) is 95.6 Å². The molecule has 0 aromatic heterocycles. The fourth-order valence-corrected chi connectivity index (χ4v) is 5.88. The van der Waals surface area contributed by atoms with Crippen molar-refractivity contribution in [1.82, 2.24) is 0 Å². The number of ether oxygens (including phenoxy) is 1. The Kier molecular flexibility index (Phi) is 7.87. The molecule has 0 saturated carbocycles. The van der Waals surface area contributed by atoms with Gasteiger partial charge in [0.1, 0.15) is 5.75 Å². The molecule has 26 heavy (non-hydrogen) atoms. The van der Waals surface area contributed by atoms with E-state index in [9.17, 15) is 0 Å². The molecular formula is C22H22OS3. The van der Waals surface area contributed by atoms with Crippen LogP contribution in [0.3, 0.4) is 0 Å². The van der Waals surface area contributed by atoms with E-state index in [1.54, 1.807) is 7.11 Å². The Bertz CT molecular complexity index is 788. The Morgan fingerprint density at radius 1 is 0.692 bits per heavy atom. The lowest BCUT2D eigenvalue weighted by Gasteiger charge is -2.09. The molecule has 0 radical (unpaired) electrons. The molecule has 0 amide bonds. The van der Waals surface area contributed by atoms with E-state index in [2.05, 4.69) is 66.7 Å². The first-order chi connectivity index (χ1) is 12.8. The van der Waals surface area contributed by atoms with Crippen LogP contribution in [-0.4, -0.2) is 7.11 Å². The van der Waals surface area contributed by atoms with Gasteiger partial charge in [0.05, 0.1) is 7.11 Å². The quantitative estimate of drug-likeness (QED) is 0.356. The van der Waals surface area contributed by atoms with Crippen LogP contribution in [0.1, 0.15) is 16.7 Å². The van der Waals surface area contributed by atoms with Crippen LogP contribution in [0, 0.1) is 0 Å². The predicted octanol–water partition coefficient (Wildman–Crippen LogP) is 7.07. The first kappa shape index (κ1) is 19.3. The minimum Gasteiger partial charge on any atom is -0.497 e. The van der Waals surface area contributed by atoms with Gasteiger partial charge in [0.25, 0.3) is 0 Å². The standard InChI is InChI=1S/C22H22OS3/c1-23-21-13-11-19(12-14-21)16-25-26-22-10-6-5-9-20(22)17-24-15-18-7-3-2-4-8-18/h2-14H,15-17H2,1H3. The van der Waals surface area contributed by atoms with Gasteiger partial charge in [-0.05, 0) is 34.9 Å². The van der Waals surface area contributed by atoms with Crippen LogP contribution >= 0.6 is 33.3 Å². The maximum absolute atomic E-state index is 5.21. The Labute approximate surface area is 168 Å². The summed E-state index contributed by atoms with van der Waals surface area (Å²) in [5.41, 5.74) is 4.12. The molecule has 3 aromatic carbocycles. The third kappa shape index (κ3) is 6.04. The summed E-state index contributed by atoms with van der Waals surface area (Å²) in [6, 6.07) is 27.7. The van der Waals surface area contributed by atoms with Gasteiger partial charge in [-0.25, -0.2) is 0 Å². The van der Waals surface area contributed by atoms with Gasteiger partial charge in [0.2, 0.25) is 0 Å². The number of methoxy groups -OCH3 is 1. The molecule has 4 heteroatoms. The number of benzene rings is 3. The molecular weight excluding hydrogens is 376 g/mol. The molecule has 0 heterocycles. The summed E-state index contributed by atoms with van der Waals surface area (Å²) in [7, 11) is 5.45. The van der Waals surface area contributed by atoms with Crippen LogP contribution in [0.15, 0.2) is 83.8 Å². The van der Waals surface area contributed by atoms with Crippen LogP contribution in [0.2, 0.25) is 0 Å². The van der Waals surface area contributed by atoms with E-state index in [1.807, 2.05) is 45.5 Å². The highest BCUT2D eigenvalue weighted by Gasteiger charge is 2.04. The topological polar surface area (TPSA) is 9.23 Å². The first-order valence-corrected chi connectivity index (χ1v) is 11.9. The molecule has 0 aliphatic heterocycles. The Balaban J connectivity index is 1.50. The maximum atomic E-state index is 5.21. The van der Waals surface area contributed by atoms with Crippen LogP contribution in [0.4, 0.5) is 0 Å². The molecule has 0 bridgehead atoms. The summed E-state index contributed by atoms with van der Waals surface area (Å²) in [5, 5.41) is 0. The lowest BCUT2D eigenvalue weighted by molar-refractivity contribution is 0.414. The van der Waals surface area contributed by atoms with Crippen molar-refractivity contribution in [1.29, 1.82) is 0 Å². The van der Waals surface area contributed by atoms with Crippen molar-refractivity contribution in [2.75, 3.05) is 7.11 Å². The molecule has 0 aliphatic rings. The van der Waals surface area contributed by atoms with Crippen molar-refractivity contribution in [3.63, 3.8) is 0 Å². The largest absolute Gasteiger partial charge is 0.497 e. The average molecular weight is 399 g/mol. The zero-order valence-electron chi connectivity index (χ0n) is 14.8. The molecule has 0 fully saturated rings. The summed E-state index contributed by atoms with van der Waals surface area (Å²) in [6.45, 7) is 0. The third-order valence-electron chi connectivity index (χ3n) is 3.88. The summed E-state index contributed by atoms with van der Waals surface area (Å²) in [6.07, 6.45) is 0. The van der Waals surface area contributed by atoms with Crippen molar-refractivity contribution >= 4 is 33.3 Å². The predicted molar refractivity (Wildman–Crippen MR) is 118 cm³/mol. The van der Waals surface area contributed by atoms with Crippen molar-refractivity contribution in [2.24, 2.45) is 0 Å². The van der Waals surface area contributed by atoms with Crippen molar-refractivity contribution in [2.45, 2.75) is 22.2 Å². The third-order valence-corrected chi connectivity index (χ3v) is 7.32. The van der Waals surface area contributed by atoms with E-state index in [4.69, 9.17) is 4.74 Å².